The highest BCUT2D eigenvalue weighted by Crippen LogP contribution is 2.31. The molecule has 1 fully saturated rings. The molecule has 2 heterocycles. The zero-order chi connectivity index (χ0) is 17.3. The summed E-state index contributed by atoms with van der Waals surface area (Å²) in [5.41, 5.74) is 1.78. The Bertz CT molecular complexity index is 835. The van der Waals surface area contributed by atoms with E-state index in [1.54, 1.807) is 23.0 Å². The third kappa shape index (κ3) is 3.49. The van der Waals surface area contributed by atoms with Crippen LogP contribution in [0.2, 0.25) is 5.02 Å². The molecule has 0 bridgehead atoms. The van der Waals surface area contributed by atoms with Gasteiger partial charge >= 0.3 is 0 Å². The number of hydrogen-bond acceptors (Lipinski definition) is 4. The fourth-order valence-corrected chi connectivity index (χ4v) is 4.69. The molecule has 8 heteroatoms. The molecular formula is C16H20ClN3O3S. The number of nitrogens with zero attached hydrogens (tertiary/aromatic N) is 2. The number of benzene rings is 1. The molecule has 3 rings (SSSR count). The summed E-state index contributed by atoms with van der Waals surface area (Å²) >= 11 is 6.11. The molecule has 130 valence electrons. The largest absolute Gasteiger partial charge is 0.372 e. The highest BCUT2D eigenvalue weighted by atomic mass is 35.5. The fraction of sp³-hybridized carbons (Fsp3) is 0.438. The molecule has 1 aromatic heterocycles. The van der Waals surface area contributed by atoms with Crippen LogP contribution in [0.1, 0.15) is 30.6 Å². The molecule has 0 spiro atoms. The number of halogens is 1. The van der Waals surface area contributed by atoms with Crippen LogP contribution in [0.15, 0.2) is 35.5 Å². The predicted octanol–water partition coefficient (Wildman–Crippen LogP) is 2.67. The van der Waals surface area contributed by atoms with Crippen LogP contribution < -0.4 is 4.72 Å². The lowest BCUT2D eigenvalue weighted by Crippen LogP contribution is -2.36. The Labute approximate surface area is 146 Å². The third-order valence-corrected chi connectivity index (χ3v) is 6.05. The van der Waals surface area contributed by atoms with Crippen molar-refractivity contribution < 1.29 is 13.2 Å². The summed E-state index contributed by atoms with van der Waals surface area (Å²) in [5.74, 6) is 0. The number of aryl methyl sites for hydroxylation is 2. The Balaban J connectivity index is 1.83. The fourth-order valence-electron chi connectivity index (χ4n) is 2.82. The maximum absolute atomic E-state index is 12.7. The molecule has 1 aromatic carbocycles. The first-order valence-electron chi connectivity index (χ1n) is 7.83. The van der Waals surface area contributed by atoms with Crippen molar-refractivity contribution in [3.63, 3.8) is 0 Å². The second-order valence-electron chi connectivity index (χ2n) is 5.87. The van der Waals surface area contributed by atoms with Gasteiger partial charge in [-0.05, 0) is 38.0 Å². The monoisotopic (exact) mass is 369 g/mol. The summed E-state index contributed by atoms with van der Waals surface area (Å²) in [6, 6.07) is 4.56. The normalized spacial score (nSPS) is 21.3. The lowest BCUT2D eigenvalue weighted by molar-refractivity contribution is 0.102. The van der Waals surface area contributed by atoms with E-state index in [0.717, 1.165) is 17.7 Å². The van der Waals surface area contributed by atoms with Crippen LogP contribution in [0.5, 0.6) is 0 Å². The Morgan fingerprint density at radius 1 is 1.46 bits per heavy atom. The van der Waals surface area contributed by atoms with Crippen molar-refractivity contribution in [2.75, 3.05) is 6.61 Å². The van der Waals surface area contributed by atoms with E-state index in [0.29, 0.717) is 13.0 Å². The van der Waals surface area contributed by atoms with Crippen molar-refractivity contribution in [2.24, 2.45) is 0 Å². The van der Waals surface area contributed by atoms with Crippen LogP contribution in [-0.2, 0) is 21.3 Å². The summed E-state index contributed by atoms with van der Waals surface area (Å²) in [5, 5.41) is 4.45. The van der Waals surface area contributed by atoms with Crippen molar-refractivity contribution in [1.82, 2.24) is 14.5 Å². The van der Waals surface area contributed by atoms with E-state index in [9.17, 15) is 8.42 Å². The lowest BCUT2D eigenvalue weighted by Gasteiger charge is -2.19. The second kappa shape index (κ2) is 6.84. The molecule has 24 heavy (non-hydrogen) atoms. The Morgan fingerprint density at radius 2 is 2.25 bits per heavy atom. The van der Waals surface area contributed by atoms with Crippen LogP contribution in [-0.4, -0.2) is 30.8 Å². The smallest absolute Gasteiger partial charge is 0.242 e. The van der Waals surface area contributed by atoms with E-state index >= 15 is 0 Å². The quantitative estimate of drug-likeness (QED) is 0.879. The average Bonchev–Trinajstić information content (AvgIpc) is 3.14. The highest BCUT2D eigenvalue weighted by molar-refractivity contribution is 7.89. The van der Waals surface area contributed by atoms with Gasteiger partial charge in [0.05, 0.1) is 17.3 Å². The topological polar surface area (TPSA) is 73.2 Å². The van der Waals surface area contributed by atoms with Gasteiger partial charge in [-0.25, -0.2) is 13.1 Å². The molecule has 0 aliphatic carbocycles. The van der Waals surface area contributed by atoms with Crippen LogP contribution in [0, 0.1) is 6.92 Å². The van der Waals surface area contributed by atoms with Crippen LogP contribution >= 0.6 is 11.6 Å². The van der Waals surface area contributed by atoms with E-state index in [1.807, 2.05) is 20.0 Å². The number of ether oxygens (including phenoxy) is 1. The van der Waals surface area contributed by atoms with Gasteiger partial charge in [0, 0.05) is 24.9 Å². The van der Waals surface area contributed by atoms with Gasteiger partial charge in [-0.3, -0.25) is 4.68 Å². The van der Waals surface area contributed by atoms with Gasteiger partial charge in [-0.1, -0.05) is 17.7 Å². The number of aromatic nitrogens is 2. The molecule has 1 saturated heterocycles. The van der Waals surface area contributed by atoms with Crippen molar-refractivity contribution >= 4 is 21.6 Å². The molecular weight excluding hydrogens is 350 g/mol. The SMILES string of the molecule is CCn1cc([C@H]2OCC[C@@H]2NS(=O)(=O)c2ccc(C)cc2Cl)cn1. The van der Waals surface area contributed by atoms with Crippen LogP contribution in [0.25, 0.3) is 0 Å². The maximum atomic E-state index is 12.7. The number of nitrogens with one attached hydrogen (secondary N) is 1. The van der Waals surface area contributed by atoms with E-state index in [4.69, 9.17) is 16.3 Å². The second-order valence-corrected chi connectivity index (χ2v) is 7.96. The standard InChI is InChI=1S/C16H20ClN3O3S/c1-3-20-10-12(9-18-20)16-14(6-7-23-16)19-24(21,22)15-5-4-11(2)8-13(15)17/h4-5,8-10,14,16,19H,3,6-7H2,1-2H3/t14-,16+/m0/s1. The summed E-state index contributed by atoms with van der Waals surface area (Å²) in [4.78, 5) is 0.0877. The highest BCUT2D eigenvalue weighted by Gasteiger charge is 2.34. The van der Waals surface area contributed by atoms with E-state index in [1.165, 1.54) is 6.07 Å². The first-order chi connectivity index (χ1) is 11.4. The first kappa shape index (κ1) is 17.4. The van der Waals surface area contributed by atoms with Gasteiger partial charge in [0.15, 0.2) is 0 Å². The lowest BCUT2D eigenvalue weighted by atomic mass is 10.1. The number of sulfonamides is 1. The number of rotatable bonds is 5. The van der Waals surface area contributed by atoms with Crippen molar-refractivity contribution in [2.45, 2.75) is 43.9 Å². The van der Waals surface area contributed by atoms with E-state index < -0.39 is 10.0 Å². The third-order valence-electron chi connectivity index (χ3n) is 4.08. The molecule has 0 saturated carbocycles. The van der Waals surface area contributed by atoms with E-state index in [2.05, 4.69) is 9.82 Å². The van der Waals surface area contributed by atoms with Crippen LogP contribution in [0.4, 0.5) is 0 Å². The van der Waals surface area contributed by atoms with Crippen molar-refractivity contribution in [1.29, 1.82) is 0 Å². The van der Waals surface area contributed by atoms with Gasteiger partial charge in [-0.2, -0.15) is 5.10 Å². The van der Waals surface area contributed by atoms with Crippen molar-refractivity contribution in [3.05, 3.63) is 46.7 Å². The minimum atomic E-state index is -3.72. The molecule has 1 aliphatic rings. The molecule has 2 atom stereocenters. The zero-order valence-corrected chi connectivity index (χ0v) is 15.1. The number of hydrogen-bond donors (Lipinski definition) is 1. The summed E-state index contributed by atoms with van der Waals surface area (Å²) in [7, 11) is -3.72. The predicted molar refractivity (Wildman–Crippen MR) is 91.5 cm³/mol. The molecule has 1 aliphatic heterocycles. The minimum Gasteiger partial charge on any atom is -0.372 e. The molecule has 0 amide bonds. The Hall–Kier alpha value is -1.41. The van der Waals surface area contributed by atoms with Crippen LogP contribution in [0.3, 0.4) is 0 Å². The molecule has 0 unspecified atom stereocenters. The summed E-state index contributed by atoms with van der Waals surface area (Å²) < 4.78 is 35.6. The molecule has 6 nitrogen and oxygen atoms in total. The molecule has 2 aromatic rings. The molecule has 1 N–H and O–H groups in total. The zero-order valence-electron chi connectivity index (χ0n) is 13.6. The van der Waals surface area contributed by atoms with Gasteiger partial charge in [0.25, 0.3) is 0 Å². The minimum absolute atomic E-state index is 0.0877. The summed E-state index contributed by atoms with van der Waals surface area (Å²) in [6.07, 6.45) is 3.87. The van der Waals surface area contributed by atoms with Gasteiger partial charge in [-0.15, -0.1) is 0 Å². The maximum Gasteiger partial charge on any atom is 0.242 e. The van der Waals surface area contributed by atoms with Gasteiger partial charge in [0.1, 0.15) is 11.0 Å². The Morgan fingerprint density at radius 3 is 2.92 bits per heavy atom. The molecule has 0 radical (unpaired) electrons. The van der Waals surface area contributed by atoms with E-state index in [-0.39, 0.29) is 22.1 Å². The Kier molecular flexibility index (Phi) is 4.96. The first-order valence-corrected chi connectivity index (χ1v) is 9.69. The van der Waals surface area contributed by atoms with Crippen molar-refractivity contribution in [3.8, 4) is 0 Å². The van der Waals surface area contributed by atoms with Gasteiger partial charge in [0.2, 0.25) is 10.0 Å². The summed E-state index contributed by atoms with van der Waals surface area (Å²) in [6.45, 7) is 5.10. The van der Waals surface area contributed by atoms with Gasteiger partial charge < -0.3 is 4.74 Å². The average molecular weight is 370 g/mol.